The van der Waals surface area contributed by atoms with Crippen molar-refractivity contribution in [2.24, 2.45) is 0 Å². The van der Waals surface area contributed by atoms with Crippen LogP contribution in [0.3, 0.4) is 0 Å². The molecule has 0 atom stereocenters. The first-order chi connectivity index (χ1) is 10.1. The van der Waals surface area contributed by atoms with Gasteiger partial charge in [0, 0.05) is 12.1 Å². The van der Waals surface area contributed by atoms with Crippen molar-refractivity contribution in [1.82, 2.24) is 0 Å². The van der Waals surface area contributed by atoms with Gasteiger partial charge in [-0.05, 0) is 35.9 Å². The van der Waals surface area contributed by atoms with Crippen LogP contribution in [0.25, 0.3) is 0 Å². The Morgan fingerprint density at radius 1 is 1.19 bits per heavy atom. The Morgan fingerprint density at radius 2 is 1.90 bits per heavy atom. The van der Waals surface area contributed by atoms with Gasteiger partial charge in [0.15, 0.2) is 0 Å². The van der Waals surface area contributed by atoms with Gasteiger partial charge in [0.1, 0.15) is 5.75 Å². The van der Waals surface area contributed by atoms with Gasteiger partial charge in [-0.2, -0.15) is 0 Å². The molecule has 0 saturated heterocycles. The Kier molecular flexibility index (Phi) is 5.06. The van der Waals surface area contributed by atoms with E-state index in [-0.39, 0.29) is 12.2 Å². The summed E-state index contributed by atoms with van der Waals surface area (Å²) in [6, 6.07) is 12.3. The lowest BCUT2D eigenvalue weighted by atomic mass is 10.1. The molecule has 2 rings (SSSR count). The van der Waals surface area contributed by atoms with E-state index in [2.05, 4.69) is 0 Å². The lowest BCUT2D eigenvalue weighted by Gasteiger charge is -2.07. The minimum Gasteiger partial charge on any atom is -0.497 e. The summed E-state index contributed by atoms with van der Waals surface area (Å²) >= 11 is 5.95. The van der Waals surface area contributed by atoms with Crippen molar-refractivity contribution in [2.75, 3.05) is 19.5 Å². The fourth-order valence-electron chi connectivity index (χ4n) is 1.83. The summed E-state index contributed by atoms with van der Waals surface area (Å²) < 4.78 is 10.3. The number of rotatable bonds is 5. The number of anilines is 1. The smallest absolute Gasteiger partial charge is 0.339 e. The molecule has 2 aromatic rings. The first-order valence-corrected chi connectivity index (χ1v) is 6.83. The van der Waals surface area contributed by atoms with Crippen molar-refractivity contribution in [1.29, 1.82) is 0 Å². The summed E-state index contributed by atoms with van der Waals surface area (Å²) in [5, 5.41) is 0.332. The van der Waals surface area contributed by atoms with Gasteiger partial charge in [0.05, 0.1) is 24.3 Å². The maximum absolute atomic E-state index is 11.9. The van der Waals surface area contributed by atoms with Gasteiger partial charge in [-0.3, -0.25) is 0 Å². The van der Waals surface area contributed by atoms with Crippen molar-refractivity contribution in [3.05, 3.63) is 58.6 Å². The van der Waals surface area contributed by atoms with E-state index >= 15 is 0 Å². The standard InChI is InChI=1S/C16H16ClNO3/c1-20-13-5-2-11(3-6-13)8-9-21-16(19)14-10-12(18)4-7-15(14)17/h2-7,10H,8-9,18H2,1H3. The second kappa shape index (κ2) is 6.99. The second-order valence-corrected chi connectivity index (χ2v) is 4.88. The Morgan fingerprint density at radius 3 is 2.57 bits per heavy atom. The number of benzene rings is 2. The van der Waals surface area contributed by atoms with Gasteiger partial charge in [-0.15, -0.1) is 0 Å². The van der Waals surface area contributed by atoms with Gasteiger partial charge < -0.3 is 15.2 Å². The molecule has 5 heteroatoms. The molecule has 0 radical (unpaired) electrons. The predicted molar refractivity (Wildman–Crippen MR) is 82.8 cm³/mol. The summed E-state index contributed by atoms with van der Waals surface area (Å²) in [4.78, 5) is 11.9. The fraction of sp³-hybridized carbons (Fsp3) is 0.188. The summed E-state index contributed by atoms with van der Waals surface area (Å²) in [5.74, 6) is 0.322. The van der Waals surface area contributed by atoms with E-state index in [1.165, 1.54) is 6.07 Å². The molecule has 0 spiro atoms. The quantitative estimate of drug-likeness (QED) is 0.680. The highest BCUT2D eigenvalue weighted by molar-refractivity contribution is 6.33. The molecule has 0 amide bonds. The topological polar surface area (TPSA) is 61.5 Å². The fourth-order valence-corrected chi connectivity index (χ4v) is 2.03. The molecular formula is C16H16ClNO3. The number of carbonyl (C=O) groups excluding carboxylic acids is 1. The number of carbonyl (C=O) groups is 1. The third-order valence-corrected chi connectivity index (χ3v) is 3.32. The third-order valence-electron chi connectivity index (χ3n) is 2.99. The van der Waals surface area contributed by atoms with Gasteiger partial charge >= 0.3 is 5.97 Å². The molecule has 0 aliphatic heterocycles. The van der Waals surface area contributed by atoms with E-state index in [9.17, 15) is 4.79 Å². The number of hydrogen-bond donors (Lipinski definition) is 1. The molecule has 0 saturated carbocycles. The Bertz CT molecular complexity index is 626. The van der Waals surface area contributed by atoms with Crippen LogP contribution in [-0.4, -0.2) is 19.7 Å². The predicted octanol–water partition coefficient (Wildman–Crippen LogP) is 3.33. The van der Waals surface area contributed by atoms with Crippen LogP contribution in [0.4, 0.5) is 5.69 Å². The van der Waals surface area contributed by atoms with Gasteiger partial charge in [0.25, 0.3) is 0 Å². The highest BCUT2D eigenvalue weighted by Gasteiger charge is 2.12. The van der Waals surface area contributed by atoms with Crippen molar-refractivity contribution in [2.45, 2.75) is 6.42 Å². The minimum absolute atomic E-state index is 0.274. The van der Waals surface area contributed by atoms with E-state index in [0.717, 1.165) is 11.3 Å². The number of esters is 1. The van der Waals surface area contributed by atoms with Crippen LogP contribution < -0.4 is 10.5 Å². The maximum atomic E-state index is 11.9. The average molecular weight is 306 g/mol. The molecule has 0 aromatic heterocycles. The molecule has 0 fully saturated rings. The van der Waals surface area contributed by atoms with E-state index in [1.807, 2.05) is 24.3 Å². The number of halogens is 1. The molecule has 0 aliphatic carbocycles. The SMILES string of the molecule is COc1ccc(CCOC(=O)c2cc(N)ccc2Cl)cc1. The summed E-state index contributed by atoms with van der Waals surface area (Å²) in [5.41, 5.74) is 7.45. The van der Waals surface area contributed by atoms with Crippen LogP contribution in [0, 0.1) is 0 Å². The van der Waals surface area contributed by atoms with Gasteiger partial charge in [-0.25, -0.2) is 4.79 Å². The lowest BCUT2D eigenvalue weighted by molar-refractivity contribution is 0.0509. The summed E-state index contributed by atoms with van der Waals surface area (Å²) in [6.45, 7) is 0.274. The largest absolute Gasteiger partial charge is 0.497 e. The summed E-state index contributed by atoms with van der Waals surface area (Å²) in [6.07, 6.45) is 0.621. The number of nitrogen functional groups attached to an aromatic ring is 1. The molecule has 0 unspecified atom stereocenters. The van der Waals surface area contributed by atoms with Gasteiger partial charge in [-0.1, -0.05) is 23.7 Å². The third kappa shape index (κ3) is 4.13. The molecule has 110 valence electrons. The zero-order valence-electron chi connectivity index (χ0n) is 11.6. The van der Waals surface area contributed by atoms with E-state index in [0.29, 0.717) is 17.1 Å². The molecule has 0 bridgehead atoms. The average Bonchev–Trinajstić information content (AvgIpc) is 2.50. The number of methoxy groups -OCH3 is 1. The van der Waals surface area contributed by atoms with E-state index < -0.39 is 5.97 Å². The molecule has 21 heavy (non-hydrogen) atoms. The monoisotopic (exact) mass is 305 g/mol. The van der Waals surface area contributed by atoms with E-state index in [4.69, 9.17) is 26.8 Å². The molecule has 2 N–H and O–H groups in total. The lowest BCUT2D eigenvalue weighted by Crippen LogP contribution is -2.09. The van der Waals surface area contributed by atoms with Crippen LogP contribution in [0.2, 0.25) is 5.02 Å². The molecule has 2 aromatic carbocycles. The second-order valence-electron chi connectivity index (χ2n) is 4.47. The normalized spacial score (nSPS) is 10.2. The van der Waals surface area contributed by atoms with Crippen molar-refractivity contribution in [3.8, 4) is 5.75 Å². The first kappa shape index (κ1) is 15.2. The van der Waals surface area contributed by atoms with Crippen LogP contribution in [0.5, 0.6) is 5.75 Å². The number of ether oxygens (including phenoxy) is 2. The zero-order chi connectivity index (χ0) is 15.2. The molecule has 4 nitrogen and oxygen atoms in total. The van der Waals surface area contributed by atoms with Crippen LogP contribution >= 0.6 is 11.6 Å². The number of hydrogen-bond acceptors (Lipinski definition) is 4. The Balaban J connectivity index is 1.90. The van der Waals surface area contributed by atoms with Gasteiger partial charge in [0.2, 0.25) is 0 Å². The first-order valence-electron chi connectivity index (χ1n) is 6.45. The Labute approximate surface area is 128 Å². The molecular weight excluding hydrogens is 290 g/mol. The maximum Gasteiger partial charge on any atom is 0.339 e. The minimum atomic E-state index is -0.471. The number of nitrogens with two attached hydrogens (primary N) is 1. The van der Waals surface area contributed by atoms with Crippen molar-refractivity contribution < 1.29 is 14.3 Å². The van der Waals surface area contributed by atoms with E-state index in [1.54, 1.807) is 19.2 Å². The summed E-state index contributed by atoms with van der Waals surface area (Å²) in [7, 11) is 1.62. The molecule has 0 heterocycles. The zero-order valence-corrected chi connectivity index (χ0v) is 12.4. The Hall–Kier alpha value is -2.20. The van der Waals surface area contributed by atoms with Crippen LogP contribution in [0.1, 0.15) is 15.9 Å². The highest BCUT2D eigenvalue weighted by Crippen LogP contribution is 2.20. The van der Waals surface area contributed by atoms with Crippen LogP contribution in [-0.2, 0) is 11.2 Å². The highest BCUT2D eigenvalue weighted by atomic mass is 35.5. The molecule has 0 aliphatic rings. The van der Waals surface area contributed by atoms with Crippen molar-refractivity contribution in [3.63, 3.8) is 0 Å². The van der Waals surface area contributed by atoms with Crippen LogP contribution in [0.15, 0.2) is 42.5 Å². The van der Waals surface area contributed by atoms with Crippen molar-refractivity contribution >= 4 is 23.3 Å².